The highest BCUT2D eigenvalue weighted by atomic mass is 32.2. The average molecular weight is 334 g/mol. The van der Waals surface area contributed by atoms with Gasteiger partial charge in [-0.25, -0.2) is 0 Å². The fraction of sp³-hybridized carbons (Fsp3) is 0.529. The second-order valence-electron chi connectivity index (χ2n) is 6.16. The Bertz CT molecular complexity index is 592. The lowest BCUT2D eigenvalue weighted by atomic mass is 10.1. The number of carbonyl (C=O) groups excluding carboxylic acids is 2. The van der Waals surface area contributed by atoms with Crippen LogP contribution < -0.4 is 10.1 Å². The van der Waals surface area contributed by atoms with Crippen molar-refractivity contribution in [1.29, 1.82) is 0 Å². The van der Waals surface area contributed by atoms with Crippen molar-refractivity contribution in [3.8, 4) is 5.75 Å². The Hall–Kier alpha value is -1.69. The number of amides is 2. The normalized spacial score (nSPS) is 22.1. The van der Waals surface area contributed by atoms with E-state index in [9.17, 15) is 9.59 Å². The van der Waals surface area contributed by atoms with E-state index >= 15 is 0 Å². The lowest BCUT2D eigenvalue weighted by molar-refractivity contribution is -0.134. The van der Waals surface area contributed by atoms with E-state index in [0.29, 0.717) is 18.8 Å². The van der Waals surface area contributed by atoms with Crippen molar-refractivity contribution in [1.82, 2.24) is 10.2 Å². The molecule has 2 heterocycles. The van der Waals surface area contributed by atoms with Gasteiger partial charge in [0.05, 0.1) is 0 Å². The zero-order chi connectivity index (χ0) is 16.4. The molecule has 2 amide bonds. The molecule has 2 saturated heterocycles. The van der Waals surface area contributed by atoms with Gasteiger partial charge in [-0.05, 0) is 25.0 Å². The van der Waals surface area contributed by atoms with Crippen molar-refractivity contribution in [3.05, 3.63) is 29.3 Å². The van der Waals surface area contributed by atoms with Crippen molar-refractivity contribution in [2.24, 2.45) is 0 Å². The van der Waals surface area contributed by atoms with Gasteiger partial charge in [0.15, 0.2) is 0 Å². The Labute approximate surface area is 140 Å². The maximum absolute atomic E-state index is 12.4. The average Bonchev–Trinajstić information content (AvgIpc) is 2.97. The molecule has 1 aromatic rings. The maximum atomic E-state index is 12.4. The fourth-order valence-electron chi connectivity index (χ4n) is 3.08. The molecule has 5 nitrogen and oxygen atoms in total. The lowest BCUT2D eigenvalue weighted by Crippen LogP contribution is -2.49. The molecule has 0 aliphatic carbocycles. The number of thioether (sulfide) groups is 1. The van der Waals surface area contributed by atoms with Gasteiger partial charge in [-0.3, -0.25) is 9.59 Å². The Balaban J connectivity index is 1.54. The topological polar surface area (TPSA) is 58.6 Å². The van der Waals surface area contributed by atoms with Crippen LogP contribution in [0.25, 0.3) is 0 Å². The second-order valence-corrected chi connectivity index (χ2v) is 7.15. The van der Waals surface area contributed by atoms with Gasteiger partial charge < -0.3 is 15.0 Å². The Morgan fingerprint density at radius 1 is 1.26 bits per heavy atom. The second kappa shape index (κ2) is 6.83. The van der Waals surface area contributed by atoms with Crippen molar-refractivity contribution >= 4 is 22.9 Å². The number of carbonyl (C=O) groups is 2. The van der Waals surface area contributed by atoms with Crippen LogP contribution in [0.5, 0.6) is 5.75 Å². The van der Waals surface area contributed by atoms with Crippen LogP contribution in [0.4, 0.5) is 4.79 Å². The first-order valence-electron chi connectivity index (χ1n) is 7.99. The summed E-state index contributed by atoms with van der Waals surface area (Å²) in [7, 11) is 0. The first kappa shape index (κ1) is 16.2. The van der Waals surface area contributed by atoms with E-state index in [1.54, 1.807) is 0 Å². The highest BCUT2D eigenvalue weighted by molar-refractivity contribution is 8.14. The van der Waals surface area contributed by atoms with Crippen LogP contribution in [0.2, 0.25) is 0 Å². The third-order valence-electron chi connectivity index (χ3n) is 4.42. The first-order valence-corrected chi connectivity index (χ1v) is 8.98. The zero-order valence-corrected chi connectivity index (χ0v) is 14.3. The number of likely N-dealkylation sites (tertiary alicyclic amines) is 1. The minimum absolute atomic E-state index is 0.0360. The van der Waals surface area contributed by atoms with E-state index in [4.69, 9.17) is 4.74 Å². The minimum atomic E-state index is -0.358. The lowest BCUT2D eigenvalue weighted by Gasteiger charge is -2.34. The van der Waals surface area contributed by atoms with Gasteiger partial charge >= 0.3 is 0 Å². The molecular formula is C17H22N2O3S. The molecule has 1 aromatic carbocycles. The van der Waals surface area contributed by atoms with Crippen LogP contribution in [0, 0.1) is 13.8 Å². The van der Waals surface area contributed by atoms with Crippen LogP contribution in [-0.4, -0.2) is 47.0 Å². The highest BCUT2D eigenvalue weighted by Gasteiger charge is 2.33. The van der Waals surface area contributed by atoms with Gasteiger partial charge in [-0.2, -0.15) is 0 Å². The van der Waals surface area contributed by atoms with Gasteiger partial charge in [0, 0.05) is 31.7 Å². The van der Waals surface area contributed by atoms with Crippen LogP contribution in [0.15, 0.2) is 18.2 Å². The number of aryl methyl sites for hydroxylation is 2. The molecule has 124 valence electrons. The van der Waals surface area contributed by atoms with Crippen LogP contribution in [0.3, 0.4) is 0 Å². The summed E-state index contributed by atoms with van der Waals surface area (Å²) in [5.41, 5.74) is 2.29. The molecule has 0 spiro atoms. The molecule has 23 heavy (non-hydrogen) atoms. The summed E-state index contributed by atoms with van der Waals surface area (Å²) in [6, 6.07) is 5.79. The molecular weight excluding hydrogens is 312 g/mol. The summed E-state index contributed by atoms with van der Waals surface area (Å²) in [6.45, 7) is 5.49. The maximum Gasteiger partial charge on any atom is 0.279 e. The predicted octanol–water partition coefficient (Wildman–Crippen LogP) is 2.50. The number of nitrogens with one attached hydrogen (secondary N) is 1. The molecule has 0 aromatic heterocycles. The Kier molecular flexibility index (Phi) is 4.80. The quantitative estimate of drug-likeness (QED) is 0.923. The third-order valence-corrected chi connectivity index (χ3v) is 5.30. The van der Waals surface area contributed by atoms with Crippen molar-refractivity contribution in [3.63, 3.8) is 0 Å². The molecule has 2 fully saturated rings. The largest absolute Gasteiger partial charge is 0.490 e. The van der Waals surface area contributed by atoms with Crippen LogP contribution in [0.1, 0.15) is 24.0 Å². The number of hydrogen-bond acceptors (Lipinski definition) is 4. The van der Waals surface area contributed by atoms with Gasteiger partial charge in [0.25, 0.3) is 5.24 Å². The van der Waals surface area contributed by atoms with Crippen LogP contribution in [-0.2, 0) is 4.79 Å². The number of benzene rings is 1. The number of piperidine rings is 1. The van der Waals surface area contributed by atoms with Gasteiger partial charge in [0.2, 0.25) is 5.91 Å². The summed E-state index contributed by atoms with van der Waals surface area (Å²) in [4.78, 5) is 25.4. The van der Waals surface area contributed by atoms with E-state index in [1.165, 1.54) is 11.8 Å². The SMILES string of the molecule is Cc1cccc(C)c1OC1CCN(C(=O)C2CSC(=O)N2)CC1. The molecule has 6 heteroatoms. The van der Waals surface area contributed by atoms with Gasteiger partial charge in [-0.1, -0.05) is 30.0 Å². The molecule has 0 bridgehead atoms. The van der Waals surface area contributed by atoms with E-state index in [0.717, 1.165) is 29.7 Å². The Morgan fingerprint density at radius 3 is 2.48 bits per heavy atom. The van der Waals surface area contributed by atoms with E-state index in [1.807, 2.05) is 11.0 Å². The van der Waals surface area contributed by atoms with Crippen molar-refractivity contribution in [2.45, 2.75) is 38.8 Å². The number of ether oxygens (including phenoxy) is 1. The van der Waals surface area contributed by atoms with Gasteiger partial charge in [-0.15, -0.1) is 0 Å². The summed E-state index contributed by atoms with van der Waals surface area (Å²) in [5, 5.41) is 2.62. The number of hydrogen-bond donors (Lipinski definition) is 1. The molecule has 2 aliphatic heterocycles. The molecule has 0 radical (unpaired) electrons. The highest BCUT2D eigenvalue weighted by Crippen LogP contribution is 2.26. The molecule has 3 rings (SSSR count). The first-order chi connectivity index (χ1) is 11.0. The van der Waals surface area contributed by atoms with Crippen molar-refractivity contribution < 1.29 is 14.3 Å². The summed E-state index contributed by atoms with van der Waals surface area (Å²) < 4.78 is 6.18. The fourth-order valence-corrected chi connectivity index (χ4v) is 3.85. The summed E-state index contributed by atoms with van der Waals surface area (Å²) in [6.07, 6.45) is 1.80. The standard InChI is InChI=1S/C17H22N2O3S/c1-11-4-3-5-12(2)15(11)22-13-6-8-19(9-7-13)16(20)14-10-23-17(21)18-14/h3-5,13-14H,6-10H2,1-2H3,(H,18,21). The minimum Gasteiger partial charge on any atom is -0.490 e. The molecule has 1 unspecified atom stereocenters. The third kappa shape index (κ3) is 3.63. The molecule has 0 saturated carbocycles. The number of rotatable bonds is 3. The van der Waals surface area contributed by atoms with Crippen molar-refractivity contribution in [2.75, 3.05) is 18.8 Å². The van der Waals surface area contributed by atoms with Gasteiger partial charge in [0.1, 0.15) is 17.9 Å². The molecule has 2 aliphatic rings. The smallest absolute Gasteiger partial charge is 0.279 e. The number of para-hydroxylation sites is 1. The molecule has 1 atom stereocenters. The molecule has 1 N–H and O–H groups in total. The van der Waals surface area contributed by atoms with Crippen LogP contribution >= 0.6 is 11.8 Å². The summed E-state index contributed by atoms with van der Waals surface area (Å²) >= 11 is 1.18. The monoisotopic (exact) mass is 334 g/mol. The predicted molar refractivity (Wildman–Crippen MR) is 90.9 cm³/mol. The van der Waals surface area contributed by atoms with E-state index in [2.05, 4.69) is 31.3 Å². The van der Waals surface area contributed by atoms with E-state index in [-0.39, 0.29) is 23.3 Å². The summed E-state index contributed by atoms with van der Waals surface area (Å²) in [5.74, 6) is 1.54. The Morgan fingerprint density at radius 2 is 1.91 bits per heavy atom. The zero-order valence-electron chi connectivity index (χ0n) is 13.5. The number of nitrogens with zero attached hydrogens (tertiary/aromatic N) is 1. The van der Waals surface area contributed by atoms with E-state index < -0.39 is 0 Å².